The predicted molar refractivity (Wildman–Crippen MR) is 98.4 cm³/mol. The molecule has 0 bridgehead atoms. The molecule has 0 saturated carbocycles. The Bertz CT molecular complexity index is 647. The van der Waals surface area contributed by atoms with E-state index in [4.69, 9.17) is 10.5 Å². The molecule has 1 saturated heterocycles. The first-order chi connectivity index (χ1) is 12.2. The highest BCUT2D eigenvalue weighted by atomic mass is 19.1. The lowest BCUT2D eigenvalue weighted by molar-refractivity contribution is 0.0180. The fraction of sp³-hybridized carbons (Fsp3) is 0.600. The summed E-state index contributed by atoms with van der Waals surface area (Å²) in [6, 6.07) is 4.60. The minimum absolute atomic E-state index is 0.0664. The van der Waals surface area contributed by atoms with Gasteiger partial charge in [-0.15, -0.1) is 0 Å². The van der Waals surface area contributed by atoms with Crippen molar-refractivity contribution in [1.29, 1.82) is 0 Å². The number of piperidine rings is 1. The first-order valence-corrected chi connectivity index (χ1v) is 9.22. The van der Waals surface area contributed by atoms with Crippen LogP contribution in [0.3, 0.4) is 0 Å². The number of nitrogens with two attached hydrogens (primary N) is 1. The summed E-state index contributed by atoms with van der Waals surface area (Å²) in [4.78, 5) is 24.9. The quantitative estimate of drug-likeness (QED) is 0.861. The second kappa shape index (κ2) is 8.52. The van der Waals surface area contributed by atoms with E-state index >= 15 is 0 Å². The van der Waals surface area contributed by atoms with Gasteiger partial charge in [0.25, 0.3) is 5.91 Å². The molecular formula is C20H29FN2O3. The Morgan fingerprint density at radius 3 is 2.46 bits per heavy atom. The highest BCUT2D eigenvalue weighted by Gasteiger charge is 2.26. The molecule has 1 aromatic carbocycles. The number of primary amides is 1. The minimum Gasteiger partial charge on any atom is -0.444 e. The molecule has 1 fully saturated rings. The van der Waals surface area contributed by atoms with Crippen molar-refractivity contribution < 1.29 is 18.7 Å². The van der Waals surface area contributed by atoms with Gasteiger partial charge in [-0.2, -0.15) is 0 Å². The molecular weight excluding hydrogens is 335 g/mol. The lowest BCUT2D eigenvalue weighted by Crippen LogP contribution is -2.41. The molecule has 6 heteroatoms. The number of aryl methyl sites for hydroxylation is 1. The fourth-order valence-corrected chi connectivity index (χ4v) is 3.24. The van der Waals surface area contributed by atoms with Crippen molar-refractivity contribution in [1.82, 2.24) is 4.90 Å². The Kier molecular flexibility index (Phi) is 6.62. The van der Waals surface area contributed by atoms with E-state index < -0.39 is 17.3 Å². The number of carbonyl (C=O) groups is 2. The summed E-state index contributed by atoms with van der Waals surface area (Å²) in [5.41, 5.74) is 5.46. The highest BCUT2D eigenvalue weighted by Crippen LogP contribution is 2.24. The van der Waals surface area contributed by atoms with Crippen LogP contribution in [0.1, 0.15) is 62.4 Å². The van der Waals surface area contributed by atoms with Crippen LogP contribution in [0, 0.1) is 11.7 Å². The molecule has 2 rings (SSSR count). The van der Waals surface area contributed by atoms with Crippen molar-refractivity contribution in [2.45, 2.75) is 58.5 Å². The van der Waals surface area contributed by atoms with E-state index in [-0.39, 0.29) is 11.7 Å². The zero-order chi connectivity index (χ0) is 19.3. The molecule has 2 N–H and O–H groups in total. The molecule has 0 aliphatic carbocycles. The molecule has 0 atom stereocenters. The largest absolute Gasteiger partial charge is 0.444 e. The summed E-state index contributed by atoms with van der Waals surface area (Å²) in [6.07, 6.45) is 4.46. The van der Waals surface area contributed by atoms with Crippen molar-refractivity contribution in [3.8, 4) is 0 Å². The SMILES string of the molecule is CC(C)(C)OC(=O)N1CCC(CCCc2ccc(C(N)=O)c(F)c2)CC1. The van der Waals surface area contributed by atoms with E-state index in [2.05, 4.69) is 0 Å². The number of likely N-dealkylation sites (tertiary alicyclic amines) is 1. The van der Waals surface area contributed by atoms with Crippen molar-refractivity contribution >= 4 is 12.0 Å². The van der Waals surface area contributed by atoms with Gasteiger partial charge < -0.3 is 15.4 Å². The Labute approximate surface area is 154 Å². The Morgan fingerprint density at radius 1 is 1.27 bits per heavy atom. The average molecular weight is 364 g/mol. The minimum atomic E-state index is -0.745. The van der Waals surface area contributed by atoms with Crippen LogP contribution in [0.15, 0.2) is 18.2 Å². The number of ether oxygens (including phenoxy) is 1. The molecule has 1 aliphatic rings. The number of benzene rings is 1. The second-order valence-corrected chi connectivity index (χ2v) is 7.98. The van der Waals surface area contributed by atoms with E-state index in [1.54, 1.807) is 11.0 Å². The van der Waals surface area contributed by atoms with Gasteiger partial charge in [0.15, 0.2) is 0 Å². The van der Waals surface area contributed by atoms with Gasteiger partial charge >= 0.3 is 6.09 Å². The van der Waals surface area contributed by atoms with Crippen LogP contribution in [0.4, 0.5) is 9.18 Å². The number of nitrogens with zero attached hydrogens (tertiary/aromatic N) is 1. The van der Waals surface area contributed by atoms with Gasteiger partial charge in [-0.1, -0.05) is 6.07 Å². The van der Waals surface area contributed by atoms with Gasteiger partial charge in [-0.3, -0.25) is 4.79 Å². The summed E-state index contributed by atoms with van der Waals surface area (Å²) in [7, 11) is 0. The van der Waals surface area contributed by atoms with Crippen molar-refractivity contribution in [3.05, 3.63) is 35.1 Å². The van der Waals surface area contributed by atoms with Gasteiger partial charge in [0, 0.05) is 13.1 Å². The molecule has 0 spiro atoms. The molecule has 1 aromatic rings. The standard InChI is InChI=1S/C20H29FN2O3/c1-20(2,3)26-19(25)23-11-9-14(10-12-23)5-4-6-15-7-8-16(18(22)24)17(21)13-15/h7-8,13-14H,4-6,9-12H2,1-3H3,(H2,22,24). The van der Waals surface area contributed by atoms with Crippen LogP contribution < -0.4 is 5.73 Å². The van der Waals surface area contributed by atoms with Crippen molar-refractivity contribution in [2.75, 3.05) is 13.1 Å². The normalized spacial score (nSPS) is 15.8. The lowest BCUT2D eigenvalue weighted by Gasteiger charge is -2.33. The predicted octanol–water partition coefficient (Wildman–Crippen LogP) is 3.89. The zero-order valence-electron chi connectivity index (χ0n) is 15.9. The number of amides is 2. The van der Waals surface area contributed by atoms with Crippen LogP contribution in [-0.4, -0.2) is 35.6 Å². The van der Waals surface area contributed by atoms with Crippen LogP contribution in [0.2, 0.25) is 0 Å². The molecule has 2 amide bonds. The maximum atomic E-state index is 13.8. The third kappa shape index (κ3) is 6.00. The number of halogens is 1. The topological polar surface area (TPSA) is 72.6 Å². The first kappa shape index (κ1) is 20.2. The van der Waals surface area contributed by atoms with E-state index in [0.29, 0.717) is 5.92 Å². The Balaban J connectivity index is 1.73. The summed E-state index contributed by atoms with van der Waals surface area (Å²) >= 11 is 0. The molecule has 26 heavy (non-hydrogen) atoms. The fourth-order valence-electron chi connectivity index (χ4n) is 3.24. The summed E-state index contributed by atoms with van der Waals surface area (Å²) in [5.74, 6) is -0.727. The summed E-state index contributed by atoms with van der Waals surface area (Å²) in [5, 5.41) is 0. The molecule has 0 aromatic heterocycles. The van der Waals surface area contributed by atoms with E-state index in [1.165, 1.54) is 12.1 Å². The number of rotatable bonds is 5. The molecule has 0 radical (unpaired) electrons. The first-order valence-electron chi connectivity index (χ1n) is 9.22. The van der Waals surface area contributed by atoms with E-state index in [1.807, 2.05) is 20.8 Å². The van der Waals surface area contributed by atoms with Crippen molar-refractivity contribution in [3.63, 3.8) is 0 Å². The molecule has 144 valence electrons. The second-order valence-electron chi connectivity index (χ2n) is 7.98. The monoisotopic (exact) mass is 364 g/mol. The number of hydrogen-bond acceptors (Lipinski definition) is 3. The Hall–Kier alpha value is -2.11. The number of hydrogen-bond donors (Lipinski definition) is 1. The number of carbonyl (C=O) groups excluding carboxylic acids is 2. The van der Waals surface area contributed by atoms with Crippen LogP contribution in [0.5, 0.6) is 0 Å². The van der Waals surface area contributed by atoms with E-state index in [9.17, 15) is 14.0 Å². The Morgan fingerprint density at radius 2 is 1.92 bits per heavy atom. The lowest BCUT2D eigenvalue weighted by atomic mass is 9.91. The summed E-state index contributed by atoms with van der Waals surface area (Å²) in [6.45, 7) is 7.06. The van der Waals surface area contributed by atoms with Gasteiger partial charge in [-0.25, -0.2) is 9.18 Å². The highest BCUT2D eigenvalue weighted by molar-refractivity contribution is 5.93. The molecule has 5 nitrogen and oxygen atoms in total. The van der Waals surface area contributed by atoms with Crippen LogP contribution in [-0.2, 0) is 11.2 Å². The van der Waals surface area contributed by atoms with E-state index in [0.717, 1.165) is 50.8 Å². The van der Waals surface area contributed by atoms with Crippen molar-refractivity contribution in [2.24, 2.45) is 11.7 Å². The van der Waals surface area contributed by atoms with Crippen LogP contribution >= 0.6 is 0 Å². The summed E-state index contributed by atoms with van der Waals surface area (Å²) < 4.78 is 19.2. The average Bonchev–Trinajstić information content (AvgIpc) is 2.53. The third-order valence-electron chi connectivity index (χ3n) is 4.64. The molecule has 1 heterocycles. The smallest absolute Gasteiger partial charge is 0.410 e. The van der Waals surface area contributed by atoms with Gasteiger partial charge in [-0.05, 0) is 76.5 Å². The molecule has 1 aliphatic heterocycles. The molecule has 0 unspecified atom stereocenters. The zero-order valence-corrected chi connectivity index (χ0v) is 15.9. The third-order valence-corrected chi connectivity index (χ3v) is 4.64. The van der Waals surface area contributed by atoms with Gasteiger partial charge in [0.05, 0.1) is 5.56 Å². The van der Waals surface area contributed by atoms with Gasteiger partial charge in [0.1, 0.15) is 11.4 Å². The maximum absolute atomic E-state index is 13.8. The van der Waals surface area contributed by atoms with Gasteiger partial charge in [0.2, 0.25) is 0 Å². The van der Waals surface area contributed by atoms with Crippen LogP contribution in [0.25, 0.3) is 0 Å². The maximum Gasteiger partial charge on any atom is 0.410 e.